The van der Waals surface area contributed by atoms with E-state index in [9.17, 15) is 4.79 Å². The molecule has 1 amide bonds. The Balaban J connectivity index is 1.99. The lowest BCUT2D eigenvalue weighted by Gasteiger charge is -1.99. The van der Waals surface area contributed by atoms with Gasteiger partial charge in [0, 0.05) is 13.0 Å². The monoisotopic (exact) mass is 200 g/mol. The summed E-state index contributed by atoms with van der Waals surface area (Å²) in [6.07, 6.45) is 2.20. The molecule has 0 atom stereocenters. The van der Waals surface area contributed by atoms with Crippen molar-refractivity contribution in [3.8, 4) is 0 Å². The van der Waals surface area contributed by atoms with Gasteiger partial charge < -0.3 is 11.1 Å². The van der Waals surface area contributed by atoms with E-state index in [1.54, 1.807) is 5.51 Å². The maximum Gasteiger partial charge on any atom is 0.217 e. The second kappa shape index (κ2) is 5.47. The molecule has 6 heteroatoms. The number of aromatic nitrogens is 2. The predicted octanol–water partition coefficient (Wildman–Crippen LogP) is 0.606. The van der Waals surface area contributed by atoms with Crippen LogP contribution in [0.4, 0.5) is 5.13 Å². The normalized spacial score (nSPS) is 9.85. The van der Waals surface area contributed by atoms with Crippen LogP contribution in [0.1, 0.15) is 19.3 Å². The largest absolute Gasteiger partial charge is 0.370 e. The van der Waals surface area contributed by atoms with Gasteiger partial charge in [0.15, 0.2) is 0 Å². The van der Waals surface area contributed by atoms with Gasteiger partial charge in [0.2, 0.25) is 11.0 Å². The van der Waals surface area contributed by atoms with Crippen molar-refractivity contribution in [1.82, 2.24) is 10.2 Å². The van der Waals surface area contributed by atoms with Gasteiger partial charge in [-0.15, -0.1) is 10.2 Å². The Morgan fingerprint density at radius 1 is 1.62 bits per heavy atom. The minimum atomic E-state index is -0.240. The Morgan fingerprint density at radius 3 is 3.08 bits per heavy atom. The standard InChI is InChI=1S/C7H12N4OS/c8-6(12)3-1-2-4-9-7-11-10-5-13-7/h5H,1-4H2,(H2,8,12)(H,9,11). The van der Waals surface area contributed by atoms with E-state index in [-0.39, 0.29) is 5.91 Å². The number of anilines is 1. The molecule has 0 aliphatic carbocycles. The van der Waals surface area contributed by atoms with Crippen molar-refractivity contribution in [2.75, 3.05) is 11.9 Å². The first-order valence-corrected chi connectivity index (χ1v) is 4.95. The third-order valence-corrected chi connectivity index (χ3v) is 2.14. The molecular weight excluding hydrogens is 188 g/mol. The van der Waals surface area contributed by atoms with Crippen molar-refractivity contribution in [1.29, 1.82) is 0 Å². The molecule has 0 aliphatic heterocycles. The molecule has 1 aromatic heterocycles. The number of carbonyl (C=O) groups is 1. The van der Waals surface area contributed by atoms with E-state index in [1.165, 1.54) is 11.3 Å². The molecule has 1 heterocycles. The van der Waals surface area contributed by atoms with Gasteiger partial charge in [-0.25, -0.2) is 0 Å². The Morgan fingerprint density at radius 2 is 2.46 bits per heavy atom. The van der Waals surface area contributed by atoms with Gasteiger partial charge >= 0.3 is 0 Å². The van der Waals surface area contributed by atoms with Crippen LogP contribution in [0.2, 0.25) is 0 Å². The molecule has 0 bridgehead atoms. The molecule has 3 N–H and O–H groups in total. The minimum absolute atomic E-state index is 0.240. The summed E-state index contributed by atoms with van der Waals surface area (Å²) < 4.78 is 0. The maximum atomic E-state index is 10.4. The molecule has 0 radical (unpaired) electrons. The van der Waals surface area contributed by atoms with Crippen molar-refractivity contribution in [3.05, 3.63) is 5.51 Å². The molecule has 5 nitrogen and oxygen atoms in total. The van der Waals surface area contributed by atoms with E-state index in [1.807, 2.05) is 0 Å². The zero-order valence-electron chi connectivity index (χ0n) is 7.19. The van der Waals surface area contributed by atoms with E-state index < -0.39 is 0 Å². The van der Waals surface area contributed by atoms with Crippen LogP contribution in [0.15, 0.2) is 5.51 Å². The lowest BCUT2D eigenvalue weighted by Crippen LogP contribution is -2.10. The molecule has 1 rings (SSSR count). The highest BCUT2D eigenvalue weighted by Gasteiger charge is 1.96. The van der Waals surface area contributed by atoms with Crippen LogP contribution in [0, 0.1) is 0 Å². The molecule has 0 unspecified atom stereocenters. The number of amides is 1. The molecular formula is C7H12N4OS. The van der Waals surface area contributed by atoms with Gasteiger partial charge in [-0.3, -0.25) is 4.79 Å². The van der Waals surface area contributed by atoms with Crippen molar-refractivity contribution in [2.24, 2.45) is 5.73 Å². The number of rotatable bonds is 6. The van der Waals surface area contributed by atoms with Crippen LogP contribution in [-0.2, 0) is 4.79 Å². The molecule has 0 spiro atoms. The minimum Gasteiger partial charge on any atom is -0.370 e. The van der Waals surface area contributed by atoms with Crippen molar-refractivity contribution < 1.29 is 4.79 Å². The summed E-state index contributed by atoms with van der Waals surface area (Å²) in [5, 5.41) is 11.4. The Hall–Kier alpha value is -1.17. The second-order valence-electron chi connectivity index (χ2n) is 2.59. The molecule has 0 fully saturated rings. The van der Waals surface area contributed by atoms with Gasteiger partial charge in [0.25, 0.3) is 0 Å². The molecule has 0 aliphatic rings. The molecule has 0 saturated carbocycles. The smallest absolute Gasteiger partial charge is 0.217 e. The average Bonchev–Trinajstić information content (AvgIpc) is 2.55. The summed E-state index contributed by atoms with van der Waals surface area (Å²) in [4.78, 5) is 10.4. The van der Waals surface area contributed by atoms with Gasteiger partial charge in [-0.05, 0) is 12.8 Å². The second-order valence-corrected chi connectivity index (χ2v) is 3.43. The van der Waals surface area contributed by atoms with Gasteiger partial charge in [-0.1, -0.05) is 11.3 Å². The summed E-state index contributed by atoms with van der Waals surface area (Å²) in [5.74, 6) is -0.240. The first-order valence-electron chi connectivity index (χ1n) is 4.07. The molecule has 1 aromatic rings. The summed E-state index contributed by atoms with van der Waals surface area (Å²) in [5.41, 5.74) is 6.66. The number of hydrogen-bond acceptors (Lipinski definition) is 5. The number of nitrogens with two attached hydrogens (primary N) is 1. The van der Waals surface area contributed by atoms with E-state index in [0.717, 1.165) is 24.5 Å². The van der Waals surface area contributed by atoms with E-state index in [0.29, 0.717) is 6.42 Å². The van der Waals surface area contributed by atoms with Crippen LogP contribution in [-0.4, -0.2) is 22.6 Å². The third-order valence-electron chi connectivity index (χ3n) is 1.49. The maximum absolute atomic E-state index is 10.4. The number of hydrogen-bond donors (Lipinski definition) is 2. The zero-order chi connectivity index (χ0) is 9.52. The van der Waals surface area contributed by atoms with Crippen molar-refractivity contribution in [3.63, 3.8) is 0 Å². The lowest BCUT2D eigenvalue weighted by atomic mass is 10.2. The quantitative estimate of drug-likeness (QED) is 0.659. The van der Waals surface area contributed by atoms with E-state index in [4.69, 9.17) is 5.73 Å². The van der Waals surface area contributed by atoms with Crippen LogP contribution in [0.25, 0.3) is 0 Å². The average molecular weight is 200 g/mol. The summed E-state index contributed by atoms with van der Waals surface area (Å²) in [6, 6.07) is 0. The molecule has 0 saturated heterocycles. The third kappa shape index (κ3) is 4.41. The lowest BCUT2D eigenvalue weighted by molar-refractivity contribution is -0.118. The summed E-state index contributed by atoms with van der Waals surface area (Å²) in [7, 11) is 0. The number of primary amides is 1. The zero-order valence-corrected chi connectivity index (χ0v) is 8.01. The fraction of sp³-hybridized carbons (Fsp3) is 0.571. The van der Waals surface area contributed by atoms with Crippen molar-refractivity contribution >= 4 is 22.4 Å². The van der Waals surface area contributed by atoms with Crippen LogP contribution < -0.4 is 11.1 Å². The SMILES string of the molecule is NC(=O)CCCCNc1nncs1. The fourth-order valence-corrected chi connectivity index (χ4v) is 1.34. The van der Waals surface area contributed by atoms with Crippen molar-refractivity contribution in [2.45, 2.75) is 19.3 Å². The number of nitrogens with zero attached hydrogens (tertiary/aromatic N) is 2. The summed E-state index contributed by atoms with van der Waals surface area (Å²) in [6.45, 7) is 0.808. The summed E-state index contributed by atoms with van der Waals surface area (Å²) >= 11 is 1.46. The first-order chi connectivity index (χ1) is 6.29. The molecule has 13 heavy (non-hydrogen) atoms. The first kappa shape index (κ1) is 9.91. The van der Waals surface area contributed by atoms with Gasteiger partial charge in [0.1, 0.15) is 5.51 Å². The van der Waals surface area contributed by atoms with Crippen LogP contribution in [0.5, 0.6) is 0 Å². The molecule has 72 valence electrons. The number of unbranched alkanes of at least 4 members (excludes halogenated alkanes) is 1. The van der Waals surface area contributed by atoms with E-state index in [2.05, 4.69) is 15.5 Å². The van der Waals surface area contributed by atoms with Crippen LogP contribution in [0.3, 0.4) is 0 Å². The highest BCUT2D eigenvalue weighted by molar-refractivity contribution is 7.13. The Kier molecular flexibility index (Phi) is 4.17. The number of nitrogens with one attached hydrogen (secondary N) is 1. The highest BCUT2D eigenvalue weighted by Crippen LogP contribution is 2.07. The predicted molar refractivity (Wildman–Crippen MR) is 51.4 cm³/mol. The Bertz CT molecular complexity index is 249. The van der Waals surface area contributed by atoms with Gasteiger partial charge in [0.05, 0.1) is 0 Å². The van der Waals surface area contributed by atoms with E-state index >= 15 is 0 Å². The molecule has 0 aromatic carbocycles. The topological polar surface area (TPSA) is 80.9 Å². The van der Waals surface area contributed by atoms with Gasteiger partial charge in [-0.2, -0.15) is 0 Å². The Labute approximate surface area is 80.4 Å². The highest BCUT2D eigenvalue weighted by atomic mass is 32.1. The number of carbonyl (C=O) groups excluding carboxylic acids is 1. The fourth-order valence-electron chi connectivity index (χ4n) is 0.870. The van der Waals surface area contributed by atoms with Crippen LogP contribution >= 0.6 is 11.3 Å².